The largest absolute Gasteiger partial charge is 0.400 e. The predicted molar refractivity (Wildman–Crippen MR) is 48.5 cm³/mol. The molecule has 0 spiro atoms. The van der Waals surface area contributed by atoms with Gasteiger partial charge in [0.05, 0.1) is 0 Å². The maximum absolute atomic E-state index is 12.6. The first-order chi connectivity index (χ1) is 5.92. The van der Waals surface area contributed by atoms with Crippen molar-refractivity contribution in [3.05, 3.63) is 0 Å². The predicted octanol–water partition coefficient (Wildman–Crippen LogP) is 2.14. The highest BCUT2D eigenvalue weighted by Gasteiger charge is 2.33. The van der Waals surface area contributed by atoms with Crippen molar-refractivity contribution in [1.29, 1.82) is 0 Å². The van der Waals surface area contributed by atoms with Crippen LogP contribution in [-0.4, -0.2) is 27.2 Å². The van der Waals surface area contributed by atoms with Crippen molar-refractivity contribution in [2.75, 3.05) is 6.54 Å². The quantitative estimate of drug-likeness (QED) is 0.447. The molecule has 0 aromatic carbocycles. The maximum atomic E-state index is 12.6. The average Bonchev–Trinajstić information content (AvgIpc) is 2.17. The molecule has 2 atom stereocenters. The molecular weight excluding hydrogens is 169 g/mol. The minimum atomic E-state index is -0.450. The minimum Gasteiger partial charge on any atom is -0.294 e. The molecule has 2 fully saturated rings. The number of rotatable bonds is 1. The molecule has 1 saturated carbocycles. The van der Waals surface area contributed by atoms with Crippen LogP contribution in [0.5, 0.6) is 0 Å². The van der Waals surface area contributed by atoms with E-state index in [0.717, 1.165) is 12.5 Å². The van der Waals surface area contributed by atoms with Gasteiger partial charge < -0.3 is 0 Å². The van der Waals surface area contributed by atoms with E-state index in [0.29, 0.717) is 6.04 Å². The van der Waals surface area contributed by atoms with Crippen molar-refractivity contribution in [3.63, 3.8) is 0 Å². The summed E-state index contributed by atoms with van der Waals surface area (Å²) in [6.07, 6.45) is 7.88. The third kappa shape index (κ3) is 1.57. The fraction of sp³-hybridized carbons (Fsp3) is 1.00. The van der Waals surface area contributed by atoms with Gasteiger partial charge in [0.1, 0.15) is 0 Å². The van der Waals surface area contributed by atoms with Gasteiger partial charge in [0.2, 0.25) is 0 Å². The molecule has 1 nitrogen and oxygen atoms in total. The number of hydrogen-bond acceptors (Lipinski definition) is 1. The molecule has 0 aromatic rings. The molecule has 68 valence electrons. The Morgan fingerprint density at radius 1 is 1.08 bits per heavy atom. The van der Waals surface area contributed by atoms with Gasteiger partial charge in [0.15, 0.2) is 0 Å². The molecule has 1 aliphatic heterocycles. The van der Waals surface area contributed by atoms with E-state index >= 15 is 0 Å². The summed E-state index contributed by atoms with van der Waals surface area (Å²) in [7, 11) is -0.450. The summed E-state index contributed by atoms with van der Waals surface area (Å²) < 4.78 is 14.7. The van der Waals surface area contributed by atoms with Gasteiger partial charge in [-0.2, -0.15) is 0 Å². The van der Waals surface area contributed by atoms with Crippen LogP contribution in [0.15, 0.2) is 0 Å². The molecule has 3 heteroatoms. The van der Waals surface area contributed by atoms with Crippen molar-refractivity contribution >= 4 is 10.0 Å². The Labute approximate surface area is 76.4 Å². The lowest BCUT2D eigenvalue weighted by molar-refractivity contribution is 0.123. The molecule has 1 heterocycles. The van der Waals surface area contributed by atoms with Crippen LogP contribution in [0.1, 0.15) is 38.5 Å². The SMILES string of the molecule is F[Si]N1CCCC2CCCCC21. The Balaban J connectivity index is 1.99. The third-order valence-electron chi connectivity index (χ3n) is 3.35. The van der Waals surface area contributed by atoms with E-state index in [2.05, 4.69) is 4.57 Å². The first kappa shape index (κ1) is 8.69. The van der Waals surface area contributed by atoms with Crippen LogP contribution >= 0.6 is 0 Å². The second kappa shape index (κ2) is 3.88. The lowest BCUT2D eigenvalue weighted by Crippen LogP contribution is -2.47. The zero-order valence-corrected chi connectivity index (χ0v) is 8.43. The highest BCUT2D eigenvalue weighted by molar-refractivity contribution is 6.22. The van der Waals surface area contributed by atoms with E-state index in [1.54, 1.807) is 0 Å². The summed E-state index contributed by atoms with van der Waals surface area (Å²) in [5, 5.41) is 0. The molecule has 0 bridgehead atoms. The van der Waals surface area contributed by atoms with Crippen molar-refractivity contribution in [1.82, 2.24) is 4.57 Å². The Kier molecular flexibility index (Phi) is 2.81. The molecule has 0 aromatic heterocycles. The van der Waals surface area contributed by atoms with E-state index in [1.807, 2.05) is 0 Å². The number of halogens is 1. The van der Waals surface area contributed by atoms with Crippen LogP contribution in [0.2, 0.25) is 0 Å². The highest BCUT2D eigenvalue weighted by Crippen LogP contribution is 2.34. The summed E-state index contributed by atoms with van der Waals surface area (Å²) >= 11 is 0. The van der Waals surface area contributed by atoms with Crippen molar-refractivity contribution < 1.29 is 4.11 Å². The van der Waals surface area contributed by atoms with E-state index in [4.69, 9.17) is 0 Å². The minimum absolute atomic E-state index is 0.450. The van der Waals surface area contributed by atoms with E-state index in [9.17, 15) is 4.11 Å². The van der Waals surface area contributed by atoms with Gasteiger partial charge in [-0.05, 0) is 38.1 Å². The molecule has 0 amide bonds. The standard InChI is InChI=1S/C9H16FNSi/c10-12-11-7-3-5-8-4-1-2-6-9(8)11/h8-9H,1-7H2. The molecule has 1 aliphatic carbocycles. The van der Waals surface area contributed by atoms with Crippen LogP contribution in [0.4, 0.5) is 4.11 Å². The van der Waals surface area contributed by atoms with Crippen molar-refractivity contribution in [2.45, 2.75) is 44.6 Å². The summed E-state index contributed by atoms with van der Waals surface area (Å²) in [5.41, 5.74) is 0. The molecular formula is C9H16FNSi. The molecule has 0 N–H and O–H groups in total. The van der Waals surface area contributed by atoms with Crippen LogP contribution in [0.3, 0.4) is 0 Å². The number of nitrogens with zero attached hydrogens (tertiary/aromatic N) is 1. The molecule has 2 unspecified atom stereocenters. The molecule has 2 aliphatic rings. The van der Waals surface area contributed by atoms with Gasteiger partial charge in [-0.15, -0.1) is 0 Å². The van der Waals surface area contributed by atoms with Crippen molar-refractivity contribution in [3.8, 4) is 0 Å². The second-order valence-corrected chi connectivity index (χ2v) is 4.78. The number of piperidine rings is 1. The van der Waals surface area contributed by atoms with E-state index < -0.39 is 10.0 Å². The first-order valence-corrected chi connectivity index (χ1v) is 5.87. The lowest BCUT2D eigenvalue weighted by atomic mass is 9.79. The zero-order valence-electron chi connectivity index (χ0n) is 7.43. The molecule has 2 radical (unpaired) electrons. The third-order valence-corrected chi connectivity index (χ3v) is 4.12. The van der Waals surface area contributed by atoms with Crippen LogP contribution < -0.4 is 0 Å². The van der Waals surface area contributed by atoms with E-state index in [-0.39, 0.29) is 0 Å². The normalized spacial score (nSPS) is 37.8. The topological polar surface area (TPSA) is 3.24 Å². The summed E-state index contributed by atoms with van der Waals surface area (Å²) in [5.74, 6) is 0.829. The fourth-order valence-electron chi connectivity index (χ4n) is 2.73. The fourth-order valence-corrected chi connectivity index (χ4v) is 3.44. The van der Waals surface area contributed by atoms with Crippen LogP contribution in [-0.2, 0) is 0 Å². The smallest absolute Gasteiger partial charge is 0.294 e. The molecule has 2 rings (SSSR count). The van der Waals surface area contributed by atoms with Gasteiger partial charge >= 0.3 is 10.0 Å². The summed E-state index contributed by atoms with van der Waals surface area (Å²) in [4.78, 5) is 0. The maximum Gasteiger partial charge on any atom is 0.400 e. The Hall–Kier alpha value is 0.107. The Bertz CT molecular complexity index is 145. The number of fused-ring (bicyclic) bond motifs is 1. The monoisotopic (exact) mass is 185 g/mol. The molecule has 1 saturated heterocycles. The first-order valence-electron chi connectivity index (χ1n) is 5.05. The van der Waals surface area contributed by atoms with Gasteiger partial charge in [-0.25, -0.2) is 0 Å². The van der Waals surface area contributed by atoms with E-state index in [1.165, 1.54) is 38.5 Å². The Morgan fingerprint density at radius 3 is 2.67 bits per heavy atom. The molecule has 12 heavy (non-hydrogen) atoms. The average molecular weight is 185 g/mol. The van der Waals surface area contributed by atoms with Gasteiger partial charge in [-0.1, -0.05) is 12.8 Å². The van der Waals surface area contributed by atoms with Gasteiger partial charge in [-0.3, -0.25) is 8.67 Å². The Morgan fingerprint density at radius 2 is 1.83 bits per heavy atom. The summed E-state index contributed by atoms with van der Waals surface area (Å²) in [6, 6.07) is 0.607. The van der Waals surface area contributed by atoms with Crippen LogP contribution in [0.25, 0.3) is 0 Å². The zero-order chi connectivity index (χ0) is 8.39. The lowest BCUT2D eigenvalue weighted by Gasteiger charge is -2.42. The van der Waals surface area contributed by atoms with Gasteiger partial charge in [0.25, 0.3) is 0 Å². The summed E-state index contributed by atoms with van der Waals surface area (Å²) in [6.45, 7) is 1.01. The van der Waals surface area contributed by atoms with Gasteiger partial charge in [0, 0.05) is 6.04 Å². The van der Waals surface area contributed by atoms with Crippen molar-refractivity contribution in [2.24, 2.45) is 5.92 Å². The highest BCUT2D eigenvalue weighted by atomic mass is 28.3. The second-order valence-electron chi connectivity index (χ2n) is 4.03. The number of hydrogen-bond donors (Lipinski definition) is 0. The van der Waals surface area contributed by atoms with Crippen LogP contribution in [0, 0.1) is 5.92 Å².